The Morgan fingerprint density at radius 2 is 1.70 bits per heavy atom. The molecule has 1 aromatic carbocycles. The van der Waals surface area contributed by atoms with Crippen molar-refractivity contribution in [2.45, 2.75) is 34.6 Å². The largest absolute Gasteiger partial charge is 0.368 e. The van der Waals surface area contributed by atoms with Crippen molar-refractivity contribution in [2.75, 3.05) is 0 Å². The summed E-state index contributed by atoms with van der Waals surface area (Å²) in [7, 11) is 2.09. The smallest absolute Gasteiger partial charge is 0.0485 e. The Morgan fingerprint density at radius 1 is 1.10 bits per heavy atom. The van der Waals surface area contributed by atoms with E-state index in [0.717, 1.165) is 0 Å². The van der Waals surface area contributed by atoms with E-state index in [9.17, 15) is 0 Å². The van der Waals surface area contributed by atoms with Gasteiger partial charge in [0.05, 0.1) is 0 Å². The van der Waals surface area contributed by atoms with E-state index in [1.54, 1.807) is 6.20 Å². The topological polar surface area (TPSA) is 17.0 Å². The summed E-state index contributed by atoms with van der Waals surface area (Å²) in [6.45, 7) is 13.8. The minimum atomic E-state index is 1.22. The highest BCUT2D eigenvalue weighted by atomic mass is 14.9. The molecule has 20 heavy (non-hydrogen) atoms. The van der Waals surface area contributed by atoms with Crippen LogP contribution in [0.3, 0.4) is 0 Å². The average Bonchev–Trinajstić information content (AvgIpc) is 2.77. The maximum Gasteiger partial charge on any atom is 0.0485 e. The monoisotopic (exact) mass is 272 g/mol. The Bertz CT molecular complexity index is 509. The first-order valence-electron chi connectivity index (χ1n) is 7.33. The first-order chi connectivity index (χ1) is 9.75. The Hall–Kier alpha value is -1.96. The van der Waals surface area contributed by atoms with Crippen LogP contribution in [-0.4, -0.2) is 4.57 Å². The van der Waals surface area contributed by atoms with Gasteiger partial charge in [-0.05, 0) is 30.8 Å². The van der Waals surface area contributed by atoms with Crippen molar-refractivity contribution < 1.29 is 0 Å². The van der Waals surface area contributed by atoms with Gasteiger partial charge in [-0.3, -0.25) is 0 Å². The number of hydrogen-bond donors (Lipinski definition) is 1. The molecule has 0 amide bonds. The van der Waals surface area contributed by atoms with Crippen molar-refractivity contribution in [1.82, 2.24) is 9.88 Å². The number of hydrogen-bond acceptors (Lipinski definition) is 1. The van der Waals surface area contributed by atoms with E-state index in [1.807, 2.05) is 33.9 Å². The van der Waals surface area contributed by atoms with Gasteiger partial charge in [-0.15, -0.1) is 0 Å². The maximum atomic E-state index is 3.61. The summed E-state index contributed by atoms with van der Waals surface area (Å²) in [5, 5.41) is 4.27. The Balaban J connectivity index is 0.000000829. The third-order valence-corrected chi connectivity index (χ3v) is 2.87. The van der Waals surface area contributed by atoms with Gasteiger partial charge in [0.25, 0.3) is 0 Å². The summed E-state index contributed by atoms with van der Waals surface area (Å²) in [4.78, 5) is 0. The Kier molecular flexibility index (Phi) is 8.93. The molecule has 0 bridgehead atoms. The summed E-state index contributed by atoms with van der Waals surface area (Å²) in [6.07, 6.45) is 5.62. The zero-order chi connectivity index (χ0) is 15.5. The fraction of sp³-hybridized carbons (Fsp3) is 0.333. The van der Waals surface area contributed by atoms with E-state index < -0.39 is 0 Å². The van der Waals surface area contributed by atoms with Crippen molar-refractivity contribution in [2.24, 2.45) is 7.05 Å². The lowest BCUT2D eigenvalue weighted by atomic mass is 10.1. The van der Waals surface area contributed by atoms with Crippen molar-refractivity contribution in [3.63, 3.8) is 0 Å². The predicted octanol–water partition coefficient (Wildman–Crippen LogP) is 5.24. The third kappa shape index (κ3) is 4.02. The van der Waals surface area contributed by atoms with Crippen LogP contribution in [0, 0.1) is 6.92 Å². The van der Waals surface area contributed by atoms with E-state index in [1.165, 1.54) is 22.2 Å². The molecular weight excluding hydrogens is 244 g/mol. The van der Waals surface area contributed by atoms with Gasteiger partial charge >= 0.3 is 0 Å². The lowest BCUT2D eigenvalue weighted by Gasteiger charge is -1.99. The second-order valence-electron chi connectivity index (χ2n) is 3.79. The van der Waals surface area contributed by atoms with Gasteiger partial charge < -0.3 is 9.88 Å². The number of fused-ring (bicyclic) bond motifs is 1. The minimum absolute atomic E-state index is 1.22. The van der Waals surface area contributed by atoms with Gasteiger partial charge in [-0.1, -0.05) is 52.5 Å². The third-order valence-electron chi connectivity index (χ3n) is 2.87. The van der Waals surface area contributed by atoms with Crippen LogP contribution in [0.2, 0.25) is 0 Å². The lowest BCUT2D eigenvalue weighted by molar-refractivity contribution is 0.947. The van der Waals surface area contributed by atoms with Crippen LogP contribution in [0.15, 0.2) is 43.2 Å². The highest BCUT2D eigenvalue weighted by Crippen LogP contribution is 2.24. The zero-order valence-corrected chi connectivity index (χ0v) is 13.7. The van der Waals surface area contributed by atoms with Crippen LogP contribution in [0.25, 0.3) is 17.0 Å². The molecule has 2 rings (SSSR count). The number of aryl methyl sites for hydroxylation is 2. The molecule has 2 aromatic rings. The van der Waals surface area contributed by atoms with Crippen LogP contribution >= 0.6 is 0 Å². The van der Waals surface area contributed by atoms with E-state index in [0.29, 0.717) is 0 Å². The molecule has 0 atom stereocenters. The maximum absolute atomic E-state index is 3.61. The standard InChI is InChI=1S/C14H16N2.2C2H6/c1-4-15-10-9-13-11(2)12-7-5-6-8-14(12)16(13)3;2*1-2/h4-10,15H,1H2,2-3H3;2*1-2H3. The summed E-state index contributed by atoms with van der Waals surface area (Å²) >= 11 is 0. The van der Waals surface area contributed by atoms with Gasteiger partial charge in [0.2, 0.25) is 0 Å². The van der Waals surface area contributed by atoms with Gasteiger partial charge in [-0.25, -0.2) is 0 Å². The number of para-hydroxylation sites is 1. The van der Waals surface area contributed by atoms with Gasteiger partial charge in [-0.2, -0.15) is 0 Å². The molecule has 0 aliphatic heterocycles. The van der Waals surface area contributed by atoms with E-state index in [2.05, 4.69) is 60.8 Å². The molecule has 0 saturated heterocycles. The second-order valence-corrected chi connectivity index (χ2v) is 3.79. The van der Waals surface area contributed by atoms with E-state index in [4.69, 9.17) is 0 Å². The molecule has 0 fully saturated rings. The highest BCUT2D eigenvalue weighted by molar-refractivity contribution is 5.87. The van der Waals surface area contributed by atoms with Crippen molar-refractivity contribution in [3.8, 4) is 0 Å². The van der Waals surface area contributed by atoms with Crippen LogP contribution < -0.4 is 5.32 Å². The normalized spacial score (nSPS) is 9.50. The van der Waals surface area contributed by atoms with E-state index in [-0.39, 0.29) is 0 Å². The van der Waals surface area contributed by atoms with Crippen LogP contribution in [0.4, 0.5) is 0 Å². The summed E-state index contributed by atoms with van der Waals surface area (Å²) < 4.78 is 2.20. The fourth-order valence-electron chi connectivity index (χ4n) is 2.03. The molecule has 0 spiro atoms. The molecule has 0 aliphatic carbocycles. The number of nitrogens with one attached hydrogen (secondary N) is 1. The molecular formula is C18H28N2. The molecule has 110 valence electrons. The number of benzene rings is 1. The summed E-state index contributed by atoms with van der Waals surface area (Å²) in [5.41, 5.74) is 3.79. The predicted molar refractivity (Wildman–Crippen MR) is 92.7 cm³/mol. The summed E-state index contributed by atoms with van der Waals surface area (Å²) in [5.74, 6) is 0. The molecule has 2 heteroatoms. The molecule has 0 radical (unpaired) electrons. The van der Waals surface area contributed by atoms with Gasteiger partial charge in [0, 0.05) is 29.8 Å². The molecule has 1 N–H and O–H groups in total. The Labute approximate surface area is 123 Å². The highest BCUT2D eigenvalue weighted by Gasteiger charge is 2.07. The zero-order valence-electron chi connectivity index (χ0n) is 13.7. The van der Waals surface area contributed by atoms with Gasteiger partial charge in [0.15, 0.2) is 0 Å². The second kappa shape index (κ2) is 9.90. The molecule has 1 aromatic heterocycles. The number of rotatable bonds is 3. The molecule has 1 heterocycles. The minimum Gasteiger partial charge on any atom is -0.368 e. The molecule has 0 saturated carbocycles. The first kappa shape index (κ1) is 18.0. The van der Waals surface area contributed by atoms with Crippen LogP contribution in [0.5, 0.6) is 0 Å². The molecule has 0 aliphatic rings. The SMILES string of the molecule is C=CNC=Cc1c(C)c2ccccc2n1C.CC.CC. The number of aromatic nitrogens is 1. The van der Waals surface area contributed by atoms with Crippen LogP contribution in [-0.2, 0) is 7.05 Å². The average molecular weight is 272 g/mol. The van der Waals surface area contributed by atoms with Crippen molar-refractivity contribution >= 4 is 17.0 Å². The Morgan fingerprint density at radius 3 is 2.25 bits per heavy atom. The van der Waals surface area contributed by atoms with E-state index >= 15 is 0 Å². The van der Waals surface area contributed by atoms with Crippen molar-refractivity contribution in [1.29, 1.82) is 0 Å². The fourth-order valence-corrected chi connectivity index (χ4v) is 2.03. The quantitative estimate of drug-likeness (QED) is 0.808. The van der Waals surface area contributed by atoms with Crippen LogP contribution in [0.1, 0.15) is 39.0 Å². The first-order valence-corrected chi connectivity index (χ1v) is 7.33. The summed E-state index contributed by atoms with van der Waals surface area (Å²) in [6, 6.07) is 8.44. The molecule has 2 nitrogen and oxygen atoms in total. The lowest BCUT2D eigenvalue weighted by Crippen LogP contribution is -1.94. The molecule has 0 unspecified atom stereocenters. The van der Waals surface area contributed by atoms with Gasteiger partial charge in [0.1, 0.15) is 0 Å². The number of nitrogens with zero attached hydrogens (tertiary/aromatic N) is 1. The van der Waals surface area contributed by atoms with Crippen molar-refractivity contribution in [3.05, 3.63) is 54.5 Å².